The van der Waals surface area contributed by atoms with Gasteiger partial charge in [0.05, 0.1) is 13.2 Å². The number of aromatic nitrogens is 1. The molecule has 29 heavy (non-hydrogen) atoms. The average Bonchev–Trinajstić information content (AvgIpc) is 3.22. The van der Waals surface area contributed by atoms with Crippen LogP contribution in [0.3, 0.4) is 0 Å². The average molecular weight is 411 g/mol. The van der Waals surface area contributed by atoms with Crippen molar-refractivity contribution in [3.63, 3.8) is 0 Å². The van der Waals surface area contributed by atoms with Crippen LogP contribution in [-0.2, 0) is 13.0 Å². The third-order valence-electron chi connectivity index (χ3n) is 5.12. The van der Waals surface area contributed by atoms with E-state index in [9.17, 15) is 9.59 Å². The van der Waals surface area contributed by atoms with Crippen molar-refractivity contribution >= 4 is 17.2 Å². The minimum Gasteiger partial charge on any atom is -0.496 e. The van der Waals surface area contributed by atoms with Crippen LogP contribution in [0.25, 0.3) is 0 Å². The van der Waals surface area contributed by atoms with E-state index in [0.717, 1.165) is 28.3 Å². The number of carbonyl (C=O) groups is 1. The number of hydrogen-bond acceptors (Lipinski definition) is 4. The van der Waals surface area contributed by atoms with E-state index >= 15 is 0 Å². The number of rotatable bonds is 7. The lowest BCUT2D eigenvalue weighted by atomic mass is 10.1. The fourth-order valence-electron chi connectivity index (χ4n) is 3.56. The number of nitrogens with one attached hydrogen (secondary N) is 1. The van der Waals surface area contributed by atoms with Crippen LogP contribution in [0.15, 0.2) is 52.6 Å². The Labute approximate surface area is 175 Å². The highest BCUT2D eigenvalue weighted by Crippen LogP contribution is 2.21. The maximum atomic E-state index is 12.9. The first kappa shape index (κ1) is 20.9. The van der Waals surface area contributed by atoms with Crippen LogP contribution in [0, 0.1) is 13.8 Å². The van der Waals surface area contributed by atoms with Crippen molar-refractivity contribution < 1.29 is 9.53 Å². The number of ether oxygens (including phenoxy) is 1. The Bertz CT molecular complexity index is 1050. The molecule has 0 saturated heterocycles. The summed E-state index contributed by atoms with van der Waals surface area (Å²) in [5.41, 5.74) is 2.57. The zero-order valence-corrected chi connectivity index (χ0v) is 18.0. The van der Waals surface area contributed by atoms with Crippen molar-refractivity contribution in [2.75, 3.05) is 7.11 Å². The van der Waals surface area contributed by atoms with Crippen molar-refractivity contribution in [1.82, 2.24) is 9.88 Å². The Balaban J connectivity index is 1.86. The predicted octanol–water partition coefficient (Wildman–Crippen LogP) is 4.27. The molecule has 2 aromatic heterocycles. The normalized spacial score (nSPS) is 11.9. The van der Waals surface area contributed by atoms with Gasteiger partial charge in [-0.05, 0) is 50.3 Å². The number of thiophene rings is 1. The summed E-state index contributed by atoms with van der Waals surface area (Å²) in [6.07, 6.45) is 0.737. The van der Waals surface area contributed by atoms with Crippen LogP contribution in [0.2, 0.25) is 0 Å². The summed E-state index contributed by atoms with van der Waals surface area (Å²) < 4.78 is 7.46. The summed E-state index contributed by atoms with van der Waals surface area (Å²) in [6, 6.07) is 13.2. The molecule has 1 N–H and O–H groups in total. The monoisotopic (exact) mass is 410 g/mol. The molecule has 0 aliphatic rings. The Morgan fingerprint density at radius 2 is 1.97 bits per heavy atom. The molecule has 0 aliphatic heterocycles. The van der Waals surface area contributed by atoms with Gasteiger partial charge in [-0.1, -0.05) is 24.3 Å². The van der Waals surface area contributed by atoms with E-state index in [0.29, 0.717) is 12.2 Å². The maximum absolute atomic E-state index is 12.9. The molecule has 6 heteroatoms. The summed E-state index contributed by atoms with van der Waals surface area (Å²) in [4.78, 5) is 26.6. The first-order valence-corrected chi connectivity index (χ1v) is 10.5. The number of methoxy groups -OCH3 is 1. The molecular weight excluding hydrogens is 384 g/mol. The molecule has 3 rings (SSSR count). The lowest BCUT2D eigenvalue weighted by molar-refractivity contribution is 0.0937. The molecule has 0 saturated carbocycles. The lowest BCUT2D eigenvalue weighted by Crippen LogP contribution is -2.33. The van der Waals surface area contributed by atoms with Crippen molar-refractivity contribution in [2.24, 2.45) is 0 Å². The van der Waals surface area contributed by atoms with Crippen LogP contribution in [0.4, 0.5) is 0 Å². The molecule has 1 aromatic carbocycles. The first-order chi connectivity index (χ1) is 13.9. The van der Waals surface area contributed by atoms with Crippen molar-refractivity contribution in [1.29, 1.82) is 0 Å². The highest BCUT2D eigenvalue weighted by atomic mass is 32.1. The number of carbonyl (C=O) groups excluding carboxylic acids is 1. The number of benzene rings is 1. The third kappa shape index (κ3) is 4.59. The molecule has 1 atom stereocenters. The Kier molecular flexibility index (Phi) is 6.54. The van der Waals surface area contributed by atoms with E-state index < -0.39 is 0 Å². The third-order valence-corrected chi connectivity index (χ3v) is 6.18. The quantitative estimate of drug-likeness (QED) is 0.633. The minimum absolute atomic E-state index is 0.148. The zero-order valence-electron chi connectivity index (χ0n) is 17.2. The largest absolute Gasteiger partial charge is 0.496 e. The highest BCUT2D eigenvalue weighted by Gasteiger charge is 2.20. The molecule has 0 radical (unpaired) electrons. The molecule has 5 nitrogen and oxygen atoms in total. The number of nitrogens with zero attached hydrogens (tertiary/aromatic N) is 1. The van der Waals surface area contributed by atoms with E-state index in [1.54, 1.807) is 24.5 Å². The summed E-state index contributed by atoms with van der Waals surface area (Å²) in [5.74, 6) is 0.506. The lowest BCUT2D eigenvalue weighted by Gasteiger charge is -2.19. The molecule has 3 aromatic rings. The second-order valence-electron chi connectivity index (χ2n) is 7.03. The van der Waals surface area contributed by atoms with Gasteiger partial charge in [-0.3, -0.25) is 9.59 Å². The number of pyridine rings is 1. The van der Waals surface area contributed by atoms with Gasteiger partial charge < -0.3 is 14.6 Å². The van der Waals surface area contributed by atoms with Gasteiger partial charge in [0.25, 0.3) is 5.91 Å². The van der Waals surface area contributed by atoms with E-state index in [1.165, 1.54) is 0 Å². The van der Waals surface area contributed by atoms with Crippen molar-refractivity contribution in [3.05, 3.63) is 85.5 Å². The van der Waals surface area contributed by atoms with Gasteiger partial charge in [0, 0.05) is 28.9 Å². The topological polar surface area (TPSA) is 60.3 Å². The Morgan fingerprint density at radius 3 is 2.66 bits per heavy atom. The maximum Gasteiger partial charge on any atom is 0.257 e. The fourth-order valence-corrected chi connectivity index (χ4v) is 4.29. The summed E-state index contributed by atoms with van der Waals surface area (Å²) in [7, 11) is 1.66. The van der Waals surface area contributed by atoms with Crippen LogP contribution >= 0.6 is 11.3 Å². The number of para-hydroxylation sites is 1. The van der Waals surface area contributed by atoms with Crippen molar-refractivity contribution in [2.45, 2.75) is 39.8 Å². The highest BCUT2D eigenvalue weighted by molar-refractivity contribution is 7.10. The summed E-state index contributed by atoms with van der Waals surface area (Å²) >= 11 is 1.58. The van der Waals surface area contributed by atoms with Gasteiger partial charge in [0.15, 0.2) is 5.43 Å². The van der Waals surface area contributed by atoms with Crippen molar-refractivity contribution in [3.8, 4) is 5.75 Å². The SMILES string of the molecule is COc1ccccc1CCn1c(C)cc(=O)c(C(=O)N[C@@H](C)c2cccs2)c1C. The molecule has 2 heterocycles. The fraction of sp³-hybridized carbons (Fsp3) is 0.304. The van der Waals surface area contributed by atoms with Gasteiger partial charge in [-0.2, -0.15) is 0 Å². The number of aryl methyl sites for hydroxylation is 2. The van der Waals surface area contributed by atoms with E-state index in [1.807, 2.05) is 67.1 Å². The number of hydrogen-bond donors (Lipinski definition) is 1. The molecular formula is C23H26N2O3S. The molecule has 0 fully saturated rings. The van der Waals surface area contributed by atoms with Crippen LogP contribution < -0.4 is 15.5 Å². The molecule has 1 amide bonds. The van der Waals surface area contributed by atoms with Gasteiger partial charge in [-0.25, -0.2) is 0 Å². The first-order valence-electron chi connectivity index (χ1n) is 9.59. The van der Waals surface area contributed by atoms with Crippen LogP contribution in [0.5, 0.6) is 5.75 Å². The van der Waals surface area contributed by atoms with Crippen LogP contribution in [-0.4, -0.2) is 17.6 Å². The molecule has 0 aliphatic carbocycles. The Hall–Kier alpha value is -2.86. The molecule has 152 valence electrons. The molecule has 0 bridgehead atoms. The number of amides is 1. The van der Waals surface area contributed by atoms with E-state index in [2.05, 4.69) is 5.32 Å². The second-order valence-corrected chi connectivity index (χ2v) is 8.01. The van der Waals surface area contributed by atoms with Gasteiger partial charge in [0.1, 0.15) is 11.3 Å². The summed E-state index contributed by atoms with van der Waals surface area (Å²) in [5, 5.41) is 4.93. The summed E-state index contributed by atoms with van der Waals surface area (Å²) in [6.45, 7) is 6.31. The zero-order chi connectivity index (χ0) is 21.0. The molecule has 0 unspecified atom stereocenters. The molecule has 0 spiro atoms. The van der Waals surface area contributed by atoms with E-state index in [-0.39, 0.29) is 22.9 Å². The minimum atomic E-state index is -0.334. The van der Waals surface area contributed by atoms with Gasteiger partial charge in [-0.15, -0.1) is 11.3 Å². The standard InChI is InChI=1S/C23H26N2O3S/c1-15-14-19(26)22(23(27)24-16(2)21-10-7-13-29-21)17(3)25(15)12-11-18-8-5-6-9-20(18)28-4/h5-10,13-14,16H,11-12H2,1-4H3,(H,24,27)/t16-/m0/s1. The predicted molar refractivity (Wildman–Crippen MR) is 117 cm³/mol. The van der Waals surface area contributed by atoms with Crippen LogP contribution in [0.1, 0.15) is 45.2 Å². The van der Waals surface area contributed by atoms with E-state index in [4.69, 9.17) is 4.74 Å². The van der Waals surface area contributed by atoms with Gasteiger partial charge in [0.2, 0.25) is 0 Å². The van der Waals surface area contributed by atoms with Gasteiger partial charge >= 0.3 is 0 Å². The second kappa shape index (κ2) is 9.09. The smallest absolute Gasteiger partial charge is 0.257 e. The Morgan fingerprint density at radius 1 is 1.21 bits per heavy atom.